The number of carbonyl (C=O) groups is 2. The second-order valence-corrected chi connectivity index (χ2v) is 8.62. The van der Waals surface area contributed by atoms with Gasteiger partial charge in [-0.2, -0.15) is 5.26 Å². The van der Waals surface area contributed by atoms with Gasteiger partial charge in [0.2, 0.25) is 0 Å². The van der Waals surface area contributed by atoms with E-state index in [2.05, 4.69) is 0 Å². The summed E-state index contributed by atoms with van der Waals surface area (Å²) >= 11 is 0. The zero-order valence-corrected chi connectivity index (χ0v) is 21.2. The molecule has 36 heavy (non-hydrogen) atoms. The number of carbonyl (C=O) groups excluding carboxylic acids is 2. The van der Waals surface area contributed by atoms with Crippen LogP contribution in [0.2, 0.25) is 0 Å². The van der Waals surface area contributed by atoms with Crippen LogP contribution in [0.3, 0.4) is 0 Å². The Morgan fingerprint density at radius 2 is 1.78 bits per heavy atom. The Labute approximate surface area is 212 Å². The van der Waals surface area contributed by atoms with Crippen LogP contribution in [0.1, 0.15) is 45.2 Å². The molecule has 0 N–H and O–H groups in total. The number of benzene rings is 2. The molecule has 1 aliphatic heterocycles. The molecule has 2 amide bonds. The number of nitrogens with zero attached hydrogens (tertiary/aromatic N) is 2. The van der Waals surface area contributed by atoms with Gasteiger partial charge in [0.25, 0.3) is 11.8 Å². The van der Waals surface area contributed by atoms with Crippen molar-refractivity contribution in [2.45, 2.75) is 46.8 Å². The SMILES string of the molecule is CCOc1cc(/C=C2/C(=O)N(CCCOC(C)C)C(=O)C(C#N)=C2C)ccc1OCc1ccccc1. The van der Waals surface area contributed by atoms with Crippen LogP contribution in [0.25, 0.3) is 6.08 Å². The maximum atomic E-state index is 13.3. The molecular formula is C29H32N2O5. The lowest BCUT2D eigenvalue weighted by atomic mass is 9.93. The van der Waals surface area contributed by atoms with Crippen molar-refractivity contribution < 1.29 is 23.8 Å². The zero-order valence-electron chi connectivity index (χ0n) is 21.2. The van der Waals surface area contributed by atoms with Crippen LogP contribution < -0.4 is 9.47 Å². The van der Waals surface area contributed by atoms with Gasteiger partial charge in [-0.05, 0) is 69.0 Å². The number of imide groups is 1. The minimum atomic E-state index is -0.568. The highest BCUT2D eigenvalue weighted by Crippen LogP contribution is 2.32. The number of ether oxygens (including phenoxy) is 3. The van der Waals surface area contributed by atoms with E-state index in [0.29, 0.717) is 54.5 Å². The Bertz CT molecular complexity index is 1190. The van der Waals surface area contributed by atoms with E-state index in [-0.39, 0.29) is 18.2 Å². The summed E-state index contributed by atoms with van der Waals surface area (Å²) in [6.45, 7) is 8.79. The van der Waals surface area contributed by atoms with Crippen molar-refractivity contribution >= 4 is 17.9 Å². The smallest absolute Gasteiger partial charge is 0.271 e. The highest BCUT2D eigenvalue weighted by molar-refractivity contribution is 6.19. The maximum absolute atomic E-state index is 13.3. The zero-order chi connectivity index (χ0) is 26.1. The fourth-order valence-corrected chi connectivity index (χ4v) is 3.78. The number of rotatable bonds is 11. The summed E-state index contributed by atoms with van der Waals surface area (Å²) < 4.78 is 17.3. The Hall–Kier alpha value is -3.89. The number of nitriles is 1. The minimum absolute atomic E-state index is 0.0292. The highest BCUT2D eigenvalue weighted by Gasteiger charge is 2.35. The molecule has 2 aromatic rings. The molecule has 0 bridgehead atoms. The maximum Gasteiger partial charge on any atom is 0.271 e. The van der Waals surface area contributed by atoms with E-state index < -0.39 is 11.8 Å². The molecule has 0 aromatic heterocycles. The Balaban J connectivity index is 1.87. The predicted octanol–water partition coefficient (Wildman–Crippen LogP) is 5.07. The quantitative estimate of drug-likeness (QED) is 0.249. The first kappa shape index (κ1) is 26.7. The molecule has 3 rings (SSSR count). The average Bonchev–Trinajstić information content (AvgIpc) is 2.86. The van der Waals surface area contributed by atoms with Crippen LogP contribution in [0.15, 0.2) is 65.3 Å². The average molecular weight is 489 g/mol. The van der Waals surface area contributed by atoms with Crippen LogP contribution >= 0.6 is 0 Å². The third-order valence-corrected chi connectivity index (χ3v) is 5.62. The van der Waals surface area contributed by atoms with Gasteiger partial charge in [0.15, 0.2) is 11.5 Å². The van der Waals surface area contributed by atoms with Crippen molar-refractivity contribution in [2.75, 3.05) is 19.8 Å². The van der Waals surface area contributed by atoms with E-state index >= 15 is 0 Å². The summed E-state index contributed by atoms with van der Waals surface area (Å²) in [5.74, 6) is 0.140. The molecule has 0 atom stereocenters. The van der Waals surface area contributed by atoms with Gasteiger partial charge in [0.1, 0.15) is 18.2 Å². The molecule has 0 saturated carbocycles. The molecule has 0 spiro atoms. The Kier molecular flexibility index (Phi) is 9.43. The van der Waals surface area contributed by atoms with Crippen LogP contribution in [-0.2, 0) is 20.9 Å². The van der Waals surface area contributed by atoms with Gasteiger partial charge in [-0.1, -0.05) is 36.4 Å². The Morgan fingerprint density at radius 1 is 1.03 bits per heavy atom. The molecule has 0 saturated heterocycles. The van der Waals surface area contributed by atoms with Crippen LogP contribution in [0.5, 0.6) is 11.5 Å². The lowest BCUT2D eigenvalue weighted by Gasteiger charge is -2.27. The van der Waals surface area contributed by atoms with Crippen molar-refractivity contribution in [3.8, 4) is 17.6 Å². The van der Waals surface area contributed by atoms with Crippen molar-refractivity contribution in [1.29, 1.82) is 5.26 Å². The second-order valence-electron chi connectivity index (χ2n) is 8.62. The Morgan fingerprint density at radius 3 is 2.44 bits per heavy atom. The van der Waals surface area contributed by atoms with Gasteiger partial charge in [0, 0.05) is 18.7 Å². The second kappa shape index (κ2) is 12.7. The monoisotopic (exact) mass is 488 g/mol. The van der Waals surface area contributed by atoms with Gasteiger partial charge in [-0.25, -0.2) is 0 Å². The molecule has 2 aromatic carbocycles. The number of amides is 2. The molecular weight excluding hydrogens is 456 g/mol. The molecule has 0 unspecified atom stereocenters. The largest absolute Gasteiger partial charge is 0.490 e. The molecule has 0 aliphatic carbocycles. The van der Waals surface area contributed by atoms with Gasteiger partial charge in [-0.15, -0.1) is 0 Å². The normalized spacial score (nSPS) is 15.0. The first-order chi connectivity index (χ1) is 17.3. The van der Waals surface area contributed by atoms with E-state index in [0.717, 1.165) is 10.5 Å². The summed E-state index contributed by atoms with van der Waals surface area (Å²) in [7, 11) is 0. The van der Waals surface area contributed by atoms with Gasteiger partial charge in [0.05, 0.1) is 12.7 Å². The summed E-state index contributed by atoms with van der Waals surface area (Å²) in [5.41, 5.74) is 2.37. The summed E-state index contributed by atoms with van der Waals surface area (Å²) in [6, 6.07) is 17.2. The van der Waals surface area contributed by atoms with Crippen LogP contribution in [0.4, 0.5) is 0 Å². The van der Waals surface area contributed by atoms with E-state index in [9.17, 15) is 14.9 Å². The summed E-state index contributed by atoms with van der Waals surface area (Å²) in [4.78, 5) is 27.2. The van der Waals surface area contributed by atoms with E-state index in [1.54, 1.807) is 25.1 Å². The fourth-order valence-electron chi connectivity index (χ4n) is 3.78. The summed E-state index contributed by atoms with van der Waals surface area (Å²) in [5, 5.41) is 9.61. The molecule has 7 nitrogen and oxygen atoms in total. The predicted molar refractivity (Wildman–Crippen MR) is 137 cm³/mol. The standard InChI is InChI=1S/C29H32N2O5/c1-5-34-27-17-23(12-13-26(27)36-19-22-10-7-6-8-11-22)16-24-21(4)25(18-30)29(33)31(28(24)32)14-9-15-35-20(2)3/h6-8,10-13,16-17,20H,5,9,14-15,19H2,1-4H3/b24-16+. The lowest BCUT2D eigenvalue weighted by Crippen LogP contribution is -2.43. The lowest BCUT2D eigenvalue weighted by molar-refractivity contribution is -0.140. The van der Waals surface area contributed by atoms with E-state index in [1.807, 2.05) is 63.2 Å². The van der Waals surface area contributed by atoms with Crippen LogP contribution in [-0.4, -0.2) is 42.6 Å². The molecule has 0 radical (unpaired) electrons. The highest BCUT2D eigenvalue weighted by atomic mass is 16.5. The van der Waals surface area contributed by atoms with Crippen LogP contribution in [0, 0.1) is 11.3 Å². The molecule has 1 aliphatic rings. The number of hydrogen-bond donors (Lipinski definition) is 0. The minimum Gasteiger partial charge on any atom is -0.490 e. The fraction of sp³-hybridized carbons (Fsp3) is 0.345. The summed E-state index contributed by atoms with van der Waals surface area (Å²) in [6.07, 6.45) is 2.23. The first-order valence-corrected chi connectivity index (χ1v) is 12.1. The molecule has 0 fully saturated rings. The molecule has 188 valence electrons. The van der Waals surface area contributed by atoms with E-state index in [1.165, 1.54) is 0 Å². The van der Waals surface area contributed by atoms with Gasteiger partial charge < -0.3 is 14.2 Å². The molecule has 1 heterocycles. The first-order valence-electron chi connectivity index (χ1n) is 12.1. The van der Waals surface area contributed by atoms with Crippen molar-refractivity contribution in [3.05, 3.63) is 76.4 Å². The van der Waals surface area contributed by atoms with Crippen molar-refractivity contribution in [3.63, 3.8) is 0 Å². The van der Waals surface area contributed by atoms with Crippen molar-refractivity contribution in [1.82, 2.24) is 4.90 Å². The number of hydrogen-bond acceptors (Lipinski definition) is 6. The van der Waals surface area contributed by atoms with Crippen molar-refractivity contribution in [2.24, 2.45) is 0 Å². The van der Waals surface area contributed by atoms with Gasteiger partial charge in [-0.3, -0.25) is 14.5 Å². The van der Waals surface area contributed by atoms with Gasteiger partial charge >= 0.3 is 0 Å². The van der Waals surface area contributed by atoms with E-state index in [4.69, 9.17) is 14.2 Å². The third kappa shape index (κ3) is 6.61. The molecule has 7 heteroatoms. The third-order valence-electron chi connectivity index (χ3n) is 5.62. The topological polar surface area (TPSA) is 88.9 Å².